The zero-order valence-electron chi connectivity index (χ0n) is 15.4. The van der Waals surface area contributed by atoms with Gasteiger partial charge < -0.3 is 9.40 Å². The van der Waals surface area contributed by atoms with Gasteiger partial charge in [0.25, 0.3) is 0 Å². The molecule has 0 spiro atoms. The number of H-pyrrole nitrogens is 1. The number of benzene rings is 1. The van der Waals surface area contributed by atoms with E-state index in [1.165, 1.54) is 0 Å². The van der Waals surface area contributed by atoms with Crippen LogP contribution in [0.5, 0.6) is 0 Å². The lowest BCUT2D eigenvalue weighted by molar-refractivity contribution is -0.119. The third kappa shape index (κ3) is 3.59. The van der Waals surface area contributed by atoms with Crippen LogP contribution in [0.3, 0.4) is 0 Å². The first kappa shape index (κ1) is 17.8. The number of hydrogen-bond acceptors (Lipinski definition) is 5. The number of aromatic nitrogens is 4. The standard InChI is InChI=1S/C22H17ClN4O2/c23-17-4-2-1-3-16(17)20-19(21-25-9-10-26-21)27-22(29-20)14-7-8-24-15(11-14)12-18(28)13-5-6-13/h1-4,7-11,13H,5-6,12H2,(H,25,26). The first-order valence-electron chi connectivity index (χ1n) is 9.42. The molecule has 29 heavy (non-hydrogen) atoms. The number of rotatable bonds is 6. The summed E-state index contributed by atoms with van der Waals surface area (Å²) in [5.41, 5.74) is 2.78. The zero-order valence-corrected chi connectivity index (χ0v) is 16.2. The Bertz CT molecular complexity index is 1180. The van der Waals surface area contributed by atoms with Crippen molar-refractivity contribution < 1.29 is 9.21 Å². The number of ketones is 1. The van der Waals surface area contributed by atoms with E-state index in [1.807, 2.05) is 30.3 Å². The Morgan fingerprint density at radius 3 is 2.79 bits per heavy atom. The van der Waals surface area contributed by atoms with Crippen LogP contribution in [-0.2, 0) is 11.2 Å². The average molecular weight is 405 g/mol. The minimum Gasteiger partial charge on any atom is -0.435 e. The van der Waals surface area contributed by atoms with Crippen molar-refractivity contribution in [3.8, 4) is 34.3 Å². The van der Waals surface area contributed by atoms with Gasteiger partial charge in [0.05, 0.1) is 5.02 Å². The number of pyridine rings is 1. The topological polar surface area (TPSA) is 84.7 Å². The predicted molar refractivity (Wildman–Crippen MR) is 109 cm³/mol. The second-order valence-electron chi connectivity index (χ2n) is 7.07. The van der Waals surface area contributed by atoms with Gasteiger partial charge in [-0.25, -0.2) is 9.97 Å². The molecule has 0 unspecified atom stereocenters. The number of Topliss-reactive ketones (excluding diaryl/α,β-unsaturated/α-hetero) is 1. The number of oxazole rings is 1. The van der Waals surface area contributed by atoms with Crippen molar-refractivity contribution in [3.05, 3.63) is 65.7 Å². The van der Waals surface area contributed by atoms with Crippen LogP contribution in [0.1, 0.15) is 18.5 Å². The number of nitrogens with one attached hydrogen (secondary N) is 1. The molecule has 1 aliphatic rings. The summed E-state index contributed by atoms with van der Waals surface area (Å²) >= 11 is 6.40. The minimum atomic E-state index is 0.208. The third-order valence-electron chi connectivity index (χ3n) is 4.92. The first-order valence-corrected chi connectivity index (χ1v) is 9.80. The number of nitrogens with zero attached hydrogens (tertiary/aromatic N) is 3. The van der Waals surface area contributed by atoms with Gasteiger partial charge in [-0.15, -0.1) is 0 Å². The summed E-state index contributed by atoms with van der Waals surface area (Å²) in [6.45, 7) is 0. The van der Waals surface area contributed by atoms with Gasteiger partial charge in [-0.05, 0) is 37.1 Å². The molecular formula is C22H17ClN4O2. The maximum atomic E-state index is 12.2. The highest BCUT2D eigenvalue weighted by molar-refractivity contribution is 6.33. The molecule has 0 saturated heterocycles. The largest absolute Gasteiger partial charge is 0.435 e. The van der Waals surface area contributed by atoms with E-state index < -0.39 is 0 Å². The van der Waals surface area contributed by atoms with E-state index in [0.29, 0.717) is 34.6 Å². The molecule has 3 aromatic heterocycles. The SMILES string of the molecule is O=C(Cc1cc(-c2nc(-c3ncc[nH]3)c(-c3ccccc3Cl)o2)ccn1)C1CC1. The summed E-state index contributed by atoms with van der Waals surface area (Å²) in [6, 6.07) is 11.1. The monoisotopic (exact) mass is 404 g/mol. The Labute approximate surface area is 172 Å². The van der Waals surface area contributed by atoms with Gasteiger partial charge >= 0.3 is 0 Å². The molecule has 1 aliphatic carbocycles. The molecule has 0 bridgehead atoms. The minimum absolute atomic E-state index is 0.208. The van der Waals surface area contributed by atoms with Gasteiger partial charge in [-0.1, -0.05) is 23.7 Å². The third-order valence-corrected chi connectivity index (χ3v) is 5.25. The Kier molecular flexibility index (Phi) is 4.48. The molecule has 0 aliphatic heterocycles. The van der Waals surface area contributed by atoms with Crippen LogP contribution in [0.2, 0.25) is 5.02 Å². The Morgan fingerprint density at radius 1 is 1.17 bits per heavy atom. The lowest BCUT2D eigenvalue weighted by atomic mass is 10.1. The molecule has 4 aromatic rings. The van der Waals surface area contributed by atoms with Crippen LogP contribution in [0.25, 0.3) is 34.3 Å². The molecule has 1 saturated carbocycles. The van der Waals surface area contributed by atoms with E-state index in [4.69, 9.17) is 16.0 Å². The van der Waals surface area contributed by atoms with Crippen LogP contribution in [0.15, 0.2) is 59.4 Å². The van der Waals surface area contributed by atoms with Crippen LogP contribution in [0, 0.1) is 5.92 Å². The second-order valence-corrected chi connectivity index (χ2v) is 7.47. The van der Waals surface area contributed by atoms with Crippen LogP contribution < -0.4 is 0 Å². The number of carbonyl (C=O) groups excluding carboxylic acids is 1. The van der Waals surface area contributed by atoms with E-state index in [0.717, 1.165) is 29.7 Å². The van der Waals surface area contributed by atoms with E-state index in [-0.39, 0.29) is 11.7 Å². The molecule has 3 heterocycles. The summed E-state index contributed by atoms with van der Waals surface area (Å²) in [6.07, 6.45) is 7.39. The normalized spacial score (nSPS) is 13.6. The quantitative estimate of drug-likeness (QED) is 0.490. The average Bonchev–Trinajstić information content (AvgIpc) is 3.27. The fourth-order valence-electron chi connectivity index (χ4n) is 3.26. The van der Waals surface area contributed by atoms with Gasteiger partial charge in [-0.3, -0.25) is 9.78 Å². The maximum absolute atomic E-state index is 12.2. The summed E-state index contributed by atoms with van der Waals surface area (Å²) in [5.74, 6) is 2.00. The molecule has 0 amide bonds. The molecule has 1 N–H and O–H groups in total. The van der Waals surface area contributed by atoms with Gasteiger partial charge in [-0.2, -0.15) is 0 Å². The van der Waals surface area contributed by atoms with Crippen molar-refractivity contribution in [2.45, 2.75) is 19.3 Å². The highest BCUT2D eigenvalue weighted by Crippen LogP contribution is 2.38. The summed E-state index contributed by atoms with van der Waals surface area (Å²) in [7, 11) is 0. The van der Waals surface area contributed by atoms with Crippen molar-refractivity contribution in [1.82, 2.24) is 19.9 Å². The van der Waals surface area contributed by atoms with Crippen LogP contribution in [-0.4, -0.2) is 25.7 Å². The fraction of sp³-hybridized carbons (Fsp3) is 0.182. The van der Waals surface area contributed by atoms with E-state index >= 15 is 0 Å². The van der Waals surface area contributed by atoms with Crippen LogP contribution >= 0.6 is 11.6 Å². The molecule has 0 atom stereocenters. The Balaban J connectivity index is 1.57. The maximum Gasteiger partial charge on any atom is 0.227 e. The number of hydrogen-bond donors (Lipinski definition) is 1. The van der Waals surface area contributed by atoms with Crippen molar-refractivity contribution in [3.63, 3.8) is 0 Å². The highest BCUT2D eigenvalue weighted by Gasteiger charge is 2.29. The van der Waals surface area contributed by atoms with Crippen molar-refractivity contribution in [1.29, 1.82) is 0 Å². The number of halogens is 1. The summed E-state index contributed by atoms with van der Waals surface area (Å²) in [5, 5.41) is 0.563. The van der Waals surface area contributed by atoms with Crippen molar-refractivity contribution in [2.75, 3.05) is 0 Å². The van der Waals surface area contributed by atoms with E-state index in [9.17, 15) is 4.79 Å². The molecular weight excluding hydrogens is 388 g/mol. The van der Waals surface area contributed by atoms with Gasteiger partial charge in [0.15, 0.2) is 17.3 Å². The summed E-state index contributed by atoms with van der Waals surface area (Å²) < 4.78 is 6.14. The van der Waals surface area contributed by atoms with Gasteiger partial charge in [0.2, 0.25) is 5.89 Å². The molecule has 1 aromatic carbocycles. The van der Waals surface area contributed by atoms with Gasteiger partial charge in [0.1, 0.15) is 5.78 Å². The first-order chi connectivity index (χ1) is 14.2. The Hall–Kier alpha value is -3.25. The van der Waals surface area contributed by atoms with Gasteiger partial charge in [0, 0.05) is 47.8 Å². The zero-order chi connectivity index (χ0) is 19.8. The molecule has 0 radical (unpaired) electrons. The van der Waals surface area contributed by atoms with E-state index in [1.54, 1.807) is 24.7 Å². The molecule has 6 nitrogen and oxygen atoms in total. The molecule has 7 heteroatoms. The second kappa shape index (κ2) is 7.29. The van der Waals surface area contributed by atoms with Crippen LogP contribution in [0.4, 0.5) is 0 Å². The summed E-state index contributed by atoms with van der Waals surface area (Å²) in [4.78, 5) is 28.6. The number of aromatic amines is 1. The predicted octanol–water partition coefficient (Wildman–Crippen LogP) is 4.97. The van der Waals surface area contributed by atoms with Crippen molar-refractivity contribution in [2.24, 2.45) is 5.92 Å². The number of imidazole rings is 1. The molecule has 5 rings (SSSR count). The lowest BCUT2D eigenvalue weighted by Gasteiger charge is -2.02. The lowest BCUT2D eigenvalue weighted by Crippen LogP contribution is -2.06. The van der Waals surface area contributed by atoms with E-state index in [2.05, 4.69) is 19.9 Å². The fourth-order valence-corrected chi connectivity index (χ4v) is 3.48. The molecule has 144 valence electrons. The highest BCUT2D eigenvalue weighted by atomic mass is 35.5. The Morgan fingerprint density at radius 2 is 2.03 bits per heavy atom. The molecule has 1 fully saturated rings. The number of carbonyl (C=O) groups is 1. The smallest absolute Gasteiger partial charge is 0.227 e. The van der Waals surface area contributed by atoms with Crippen molar-refractivity contribution >= 4 is 17.4 Å².